The lowest BCUT2D eigenvalue weighted by Crippen LogP contribution is -2.09. The van der Waals surface area contributed by atoms with E-state index in [1.807, 2.05) is 0 Å². The van der Waals surface area contributed by atoms with Crippen LogP contribution in [0.3, 0.4) is 0 Å². The van der Waals surface area contributed by atoms with Gasteiger partial charge in [0.25, 0.3) is 0 Å². The van der Waals surface area contributed by atoms with Gasteiger partial charge in [-0.2, -0.15) is 0 Å². The Morgan fingerprint density at radius 1 is 0.221 bits per heavy atom. The predicted molar refractivity (Wildman–Crippen MR) is 446 cm³/mol. The van der Waals surface area contributed by atoms with E-state index in [1.54, 1.807) is 0 Å². The SMILES string of the molecule is Brc1ccc(-c2ccc3c(c2)c2ccc4c(c5ccccc5n4-c4ccccc4)c2n3-c2ccccc2)cc1.C.c1ccc(Cc2ccccc2)cc1.c1ccc(N(c2ccccc2)c2ccc(-c3ccc4c(c3)c3ccc5c(c6ccccc6n5-c5ccccc5)c3n4-c3ccccc3)cc2)cc1. The molecule has 4 heterocycles. The zero-order valence-corrected chi connectivity index (χ0v) is 58.0. The summed E-state index contributed by atoms with van der Waals surface area (Å²) >= 11 is 3.58. The largest absolute Gasteiger partial charge is 0.311 e. The van der Waals surface area contributed by atoms with E-state index in [1.165, 1.54) is 126 Å². The van der Waals surface area contributed by atoms with Crippen LogP contribution in [0.5, 0.6) is 0 Å². The Morgan fingerprint density at radius 3 is 0.894 bits per heavy atom. The summed E-state index contributed by atoms with van der Waals surface area (Å²) in [6, 6.07) is 143. The van der Waals surface area contributed by atoms with Gasteiger partial charge < -0.3 is 23.2 Å². The number of benzene rings is 16. The van der Waals surface area contributed by atoms with Gasteiger partial charge in [0.15, 0.2) is 0 Å². The molecular weight excluding hydrogens is 1330 g/mol. The molecule has 20 rings (SSSR count). The van der Waals surface area contributed by atoms with Crippen LogP contribution in [0.15, 0.2) is 405 Å². The number of aromatic nitrogens is 4. The molecule has 0 saturated heterocycles. The topological polar surface area (TPSA) is 23.0 Å². The zero-order valence-electron chi connectivity index (χ0n) is 56.4. The molecule has 20 aromatic rings. The summed E-state index contributed by atoms with van der Waals surface area (Å²) in [7, 11) is 0. The van der Waals surface area contributed by atoms with Crippen LogP contribution in [0.25, 0.3) is 132 Å². The van der Waals surface area contributed by atoms with Gasteiger partial charge in [-0.25, -0.2) is 0 Å². The Bertz CT molecular complexity index is 6310. The Hall–Kier alpha value is -13.0. The van der Waals surface area contributed by atoms with Crippen LogP contribution >= 0.6 is 15.9 Å². The van der Waals surface area contributed by atoms with Gasteiger partial charge >= 0.3 is 0 Å². The molecule has 0 radical (unpaired) electrons. The molecule has 0 aliphatic carbocycles. The first-order valence-electron chi connectivity index (χ1n) is 35.1. The average Bonchev–Trinajstić information content (AvgIpc) is 1.55. The van der Waals surface area contributed by atoms with Crippen LogP contribution in [-0.4, -0.2) is 18.3 Å². The third-order valence-electron chi connectivity index (χ3n) is 19.9. The quantitative estimate of drug-likeness (QED) is 0.127. The van der Waals surface area contributed by atoms with Crippen molar-refractivity contribution in [3.05, 3.63) is 416 Å². The van der Waals surface area contributed by atoms with E-state index in [2.05, 4.69) is 439 Å². The molecule has 0 aliphatic rings. The molecule has 6 heteroatoms. The van der Waals surface area contributed by atoms with Crippen LogP contribution in [0.2, 0.25) is 0 Å². The number of hydrogen-bond acceptors (Lipinski definition) is 1. The Morgan fingerprint density at radius 2 is 0.510 bits per heavy atom. The summed E-state index contributed by atoms with van der Waals surface area (Å²) in [6.07, 6.45) is 1.03. The molecule has 4 aromatic heterocycles. The molecule has 0 saturated carbocycles. The van der Waals surface area contributed by atoms with Gasteiger partial charge in [0.2, 0.25) is 0 Å². The van der Waals surface area contributed by atoms with E-state index in [-0.39, 0.29) is 7.43 Å². The van der Waals surface area contributed by atoms with Gasteiger partial charge in [-0.15, -0.1) is 0 Å². The molecule has 0 atom stereocenters. The lowest BCUT2D eigenvalue weighted by Gasteiger charge is -2.25. The second kappa shape index (κ2) is 28.2. The summed E-state index contributed by atoms with van der Waals surface area (Å²) in [5.74, 6) is 0. The van der Waals surface area contributed by atoms with Crippen LogP contribution in [0.1, 0.15) is 18.6 Å². The van der Waals surface area contributed by atoms with Crippen molar-refractivity contribution < 1.29 is 0 Å². The highest BCUT2D eigenvalue weighted by atomic mass is 79.9. The smallest absolute Gasteiger partial charge is 0.0641 e. The summed E-state index contributed by atoms with van der Waals surface area (Å²) in [5.41, 5.74) is 25.3. The van der Waals surface area contributed by atoms with E-state index < -0.39 is 0 Å². The molecule has 0 unspecified atom stereocenters. The Balaban J connectivity index is 0.000000133. The summed E-state index contributed by atoms with van der Waals surface area (Å²) in [4.78, 5) is 2.30. The average molecular weight is 1400 g/mol. The lowest BCUT2D eigenvalue weighted by molar-refractivity contribution is 1.17. The van der Waals surface area contributed by atoms with Crippen LogP contribution in [0, 0.1) is 0 Å². The number of nitrogens with zero attached hydrogens (tertiary/aromatic N) is 5. The fourth-order valence-electron chi connectivity index (χ4n) is 15.4. The fraction of sp³-hybridized carbons (Fsp3) is 0.0204. The third-order valence-corrected chi connectivity index (χ3v) is 20.5. The first-order valence-corrected chi connectivity index (χ1v) is 35.9. The molecule has 0 N–H and O–H groups in total. The van der Waals surface area contributed by atoms with Gasteiger partial charge in [0.05, 0.1) is 44.1 Å². The number of anilines is 3. The predicted octanol–water partition coefficient (Wildman–Crippen LogP) is 27.2. The molecule has 0 bridgehead atoms. The summed E-state index contributed by atoms with van der Waals surface area (Å²) < 4.78 is 10.8. The standard InChI is InChI=1S/C48H33N3.C36H23BrN2.C13H12.CH4/c1-5-15-36(16-6-1)49(37-17-7-2-8-18-37)40-28-25-34(26-29-40)35-27-31-45-43(33-35)41-30-32-46-47(48(41)51(45)39-21-11-4-12-22-39)42-23-13-14-24-44(42)50(46)38-19-9-3-10-20-38;37-26-18-15-24(16-19-26)25-17-21-33-31(23-25)29-20-22-34-35(36(29)39(33)28-11-5-2-6-12-28)30-13-7-8-14-32(30)38(34)27-9-3-1-4-10-27;1-3-7-12(8-4-1)11-13-9-5-2-6-10-13;/h1-33H;1-23H;1-10H,11H2;1H4. The van der Waals surface area contributed by atoms with Gasteiger partial charge in [-0.1, -0.05) is 278 Å². The van der Waals surface area contributed by atoms with E-state index >= 15 is 0 Å². The minimum atomic E-state index is 0. The number of fused-ring (bicyclic) bond motifs is 14. The van der Waals surface area contributed by atoms with Crippen molar-refractivity contribution in [3.63, 3.8) is 0 Å². The molecule has 0 fully saturated rings. The second-order valence-electron chi connectivity index (χ2n) is 26.1. The number of hydrogen-bond donors (Lipinski definition) is 0. The maximum absolute atomic E-state index is 3.58. The highest BCUT2D eigenvalue weighted by Crippen LogP contribution is 2.46. The van der Waals surface area contributed by atoms with Crippen molar-refractivity contribution in [3.8, 4) is 45.0 Å². The van der Waals surface area contributed by atoms with Gasteiger partial charge in [0, 0.05) is 87.4 Å². The normalized spacial score (nSPS) is 11.3. The summed E-state index contributed by atoms with van der Waals surface area (Å²) in [5, 5.41) is 10.1. The van der Waals surface area contributed by atoms with Gasteiger partial charge in [-0.05, 0) is 185 Å². The Labute approximate surface area is 614 Å². The Kier molecular flexibility index (Phi) is 17.5. The highest BCUT2D eigenvalue weighted by Gasteiger charge is 2.24. The van der Waals surface area contributed by atoms with E-state index in [9.17, 15) is 0 Å². The molecule has 0 amide bonds. The minimum Gasteiger partial charge on any atom is -0.311 e. The molecule has 496 valence electrons. The zero-order chi connectivity index (χ0) is 68.6. The van der Waals surface area contributed by atoms with Gasteiger partial charge in [0.1, 0.15) is 0 Å². The van der Waals surface area contributed by atoms with Gasteiger partial charge in [-0.3, -0.25) is 0 Å². The monoisotopic (exact) mass is 1400 g/mol. The van der Waals surface area contributed by atoms with Crippen molar-refractivity contribution in [2.75, 3.05) is 4.90 Å². The van der Waals surface area contributed by atoms with Crippen LogP contribution < -0.4 is 4.90 Å². The maximum atomic E-state index is 3.58. The van der Waals surface area contributed by atoms with E-state index in [0.717, 1.165) is 45.0 Å². The first-order chi connectivity index (χ1) is 51.1. The van der Waals surface area contributed by atoms with Crippen molar-refractivity contribution in [1.82, 2.24) is 18.3 Å². The second-order valence-corrected chi connectivity index (χ2v) is 27.0. The lowest BCUT2D eigenvalue weighted by atomic mass is 10.0. The van der Waals surface area contributed by atoms with Crippen LogP contribution in [0.4, 0.5) is 17.1 Å². The van der Waals surface area contributed by atoms with Crippen molar-refractivity contribution in [1.29, 1.82) is 0 Å². The molecule has 0 spiro atoms. The number of rotatable bonds is 11. The number of para-hydroxylation sites is 8. The highest BCUT2D eigenvalue weighted by molar-refractivity contribution is 9.10. The summed E-state index contributed by atoms with van der Waals surface area (Å²) in [6.45, 7) is 0. The minimum absolute atomic E-state index is 0. The molecule has 16 aromatic carbocycles. The maximum Gasteiger partial charge on any atom is 0.0641 e. The van der Waals surface area contributed by atoms with Crippen molar-refractivity contribution in [2.24, 2.45) is 0 Å². The fourth-order valence-corrected chi connectivity index (χ4v) is 15.6. The molecule has 5 nitrogen and oxygen atoms in total. The molecule has 104 heavy (non-hydrogen) atoms. The third kappa shape index (κ3) is 11.9. The van der Waals surface area contributed by atoms with E-state index in [4.69, 9.17) is 0 Å². The van der Waals surface area contributed by atoms with Crippen molar-refractivity contribution >= 4 is 120 Å². The molecular formula is C98H72BrN5. The molecule has 0 aliphatic heterocycles. The van der Waals surface area contributed by atoms with E-state index in [0.29, 0.717) is 0 Å². The van der Waals surface area contributed by atoms with Crippen LogP contribution in [-0.2, 0) is 6.42 Å². The number of halogens is 1. The first kappa shape index (κ1) is 64.4. The van der Waals surface area contributed by atoms with Crippen molar-refractivity contribution in [2.45, 2.75) is 13.8 Å².